The molecule has 2 rings (SSSR count). The smallest absolute Gasteiger partial charge is 0.325 e. The van der Waals surface area contributed by atoms with E-state index in [1.165, 1.54) is 6.92 Å². The van der Waals surface area contributed by atoms with Gasteiger partial charge in [0.1, 0.15) is 25.0 Å². The molecule has 0 fully saturated rings. The molecule has 0 aromatic heterocycles. The minimum absolute atomic E-state index is 0.0110. The third-order valence-electron chi connectivity index (χ3n) is 3.89. The SMILES string of the molecule is CCOCCOC(=O)CN1CC(CC)Oc2ccc(C(C)=O)cc21. The van der Waals surface area contributed by atoms with Crippen molar-refractivity contribution in [2.75, 3.05) is 37.8 Å². The number of fused-ring (bicyclic) bond motifs is 1. The Hall–Kier alpha value is -2.08. The lowest BCUT2D eigenvalue weighted by atomic mass is 10.1. The maximum Gasteiger partial charge on any atom is 0.325 e. The average Bonchev–Trinajstić information content (AvgIpc) is 2.58. The summed E-state index contributed by atoms with van der Waals surface area (Å²) in [5, 5.41) is 0. The summed E-state index contributed by atoms with van der Waals surface area (Å²) in [5.74, 6) is 0.362. The Balaban J connectivity index is 2.09. The Morgan fingerprint density at radius 1 is 1.29 bits per heavy atom. The van der Waals surface area contributed by atoms with Crippen LogP contribution in [-0.2, 0) is 14.3 Å². The second kappa shape index (κ2) is 8.68. The number of ether oxygens (including phenoxy) is 3. The van der Waals surface area contributed by atoms with Crippen LogP contribution < -0.4 is 9.64 Å². The Morgan fingerprint density at radius 3 is 2.75 bits per heavy atom. The predicted octanol–water partition coefficient (Wildman–Crippen LogP) is 2.45. The highest BCUT2D eigenvalue weighted by Gasteiger charge is 2.27. The van der Waals surface area contributed by atoms with Crippen LogP contribution in [-0.4, -0.2) is 50.8 Å². The molecule has 6 heteroatoms. The molecule has 0 amide bonds. The van der Waals surface area contributed by atoms with Crippen LogP contribution in [0.2, 0.25) is 0 Å². The quantitative estimate of drug-likeness (QED) is 0.413. The summed E-state index contributed by atoms with van der Waals surface area (Å²) in [6.07, 6.45) is 0.848. The largest absolute Gasteiger partial charge is 0.486 e. The van der Waals surface area contributed by atoms with Crippen molar-refractivity contribution in [1.29, 1.82) is 0 Å². The number of nitrogens with zero attached hydrogens (tertiary/aromatic N) is 1. The molecule has 6 nitrogen and oxygen atoms in total. The van der Waals surface area contributed by atoms with Crippen molar-refractivity contribution in [3.63, 3.8) is 0 Å². The van der Waals surface area contributed by atoms with Crippen LogP contribution in [0.5, 0.6) is 5.75 Å². The number of ketones is 1. The second-order valence-electron chi connectivity index (χ2n) is 5.68. The van der Waals surface area contributed by atoms with Gasteiger partial charge in [0.2, 0.25) is 0 Å². The minimum Gasteiger partial charge on any atom is -0.486 e. The zero-order valence-corrected chi connectivity index (χ0v) is 14.5. The molecule has 1 heterocycles. The van der Waals surface area contributed by atoms with E-state index < -0.39 is 0 Å². The summed E-state index contributed by atoms with van der Waals surface area (Å²) >= 11 is 0. The third kappa shape index (κ3) is 4.71. The first-order valence-corrected chi connectivity index (χ1v) is 8.35. The zero-order valence-electron chi connectivity index (χ0n) is 14.5. The standard InChI is InChI=1S/C18H25NO5/c1-4-15-11-19(12-18(21)23-9-8-22-5-2)16-10-14(13(3)20)6-7-17(16)24-15/h6-7,10,15H,4-5,8-9,11-12H2,1-3H3. The molecule has 1 unspecified atom stereocenters. The number of carbonyl (C=O) groups excluding carboxylic acids is 2. The van der Waals surface area contributed by atoms with Gasteiger partial charge in [0.25, 0.3) is 0 Å². The highest BCUT2D eigenvalue weighted by molar-refractivity contribution is 5.95. The van der Waals surface area contributed by atoms with Gasteiger partial charge in [-0.15, -0.1) is 0 Å². The number of benzene rings is 1. The number of esters is 1. The third-order valence-corrected chi connectivity index (χ3v) is 3.89. The average molecular weight is 335 g/mol. The lowest BCUT2D eigenvalue weighted by molar-refractivity contribution is -0.143. The van der Waals surface area contributed by atoms with Gasteiger partial charge >= 0.3 is 5.97 Å². The number of hydrogen-bond acceptors (Lipinski definition) is 6. The summed E-state index contributed by atoms with van der Waals surface area (Å²) in [7, 11) is 0. The highest BCUT2D eigenvalue weighted by atomic mass is 16.6. The normalized spacial score (nSPS) is 16.3. The van der Waals surface area contributed by atoms with Crippen molar-refractivity contribution in [1.82, 2.24) is 0 Å². The first-order chi connectivity index (χ1) is 11.5. The first kappa shape index (κ1) is 18.3. The monoisotopic (exact) mass is 335 g/mol. The molecule has 1 atom stereocenters. The summed E-state index contributed by atoms with van der Waals surface area (Å²) in [6, 6.07) is 5.32. The van der Waals surface area contributed by atoms with Crippen LogP contribution in [0.4, 0.5) is 5.69 Å². The van der Waals surface area contributed by atoms with Gasteiger partial charge in [-0.1, -0.05) is 6.92 Å². The van der Waals surface area contributed by atoms with E-state index >= 15 is 0 Å². The van der Waals surface area contributed by atoms with Crippen LogP contribution in [0.15, 0.2) is 18.2 Å². The lowest BCUT2D eigenvalue weighted by Crippen LogP contribution is -2.43. The van der Waals surface area contributed by atoms with E-state index in [9.17, 15) is 9.59 Å². The molecule has 0 bridgehead atoms. The van der Waals surface area contributed by atoms with Gasteiger partial charge in [0.15, 0.2) is 5.78 Å². The van der Waals surface area contributed by atoms with Crippen molar-refractivity contribution < 1.29 is 23.8 Å². The maximum atomic E-state index is 12.1. The number of rotatable bonds is 8. The molecule has 1 aromatic carbocycles. The van der Waals surface area contributed by atoms with E-state index in [-0.39, 0.29) is 31.0 Å². The van der Waals surface area contributed by atoms with Crippen molar-refractivity contribution in [2.45, 2.75) is 33.3 Å². The van der Waals surface area contributed by atoms with Crippen LogP contribution in [0, 0.1) is 0 Å². The summed E-state index contributed by atoms with van der Waals surface area (Å²) in [6.45, 7) is 7.41. The number of carbonyl (C=O) groups is 2. The molecule has 1 aliphatic rings. The Morgan fingerprint density at radius 2 is 2.08 bits per heavy atom. The van der Waals surface area contributed by atoms with Crippen molar-refractivity contribution in [3.05, 3.63) is 23.8 Å². The van der Waals surface area contributed by atoms with Crippen LogP contribution >= 0.6 is 0 Å². The molecule has 1 aromatic rings. The molecule has 0 N–H and O–H groups in total. The van der Waals surface area contributed by atoms with Crippen molar-refractivity contribution in [3.8, 4) is 5.75 Å². The van der Waals surface area contributed by atoms with Gasteiger partial charge in [-0.25, -0.2) is 0 Å². The molecule has 0 aliphatic carbocycles. The highest BCUT2D eigenvalue weighted by Crippen LogP contribution is 2.35. The van der Waals surface area contributed by atoms with Gasteiger partial charge in [0.05, 0.1) is 18.8 Å². The summed E-state index contributed by atoms with van der Waals surface area (Å²) in [4.78, 5) is 25.6. The van der Waals surface area contributed by atoms with Crippen LogP contribution in [0.25, 0.3) is 0 Å². The van der Waals surface area contributed by atoms with E-state index in [4.69, 9.17) is 14.2 Å². The molecule has 1 aliphatic heterocycles. The Bertz CT molecular complexity index is 587. The molecule has 0 saturated carbocycles. The van der Waals surface area contributed by atoms with Crippen molar-refractivity contribution in [2.24, 2.45) is 0 Å². The van der Waals surface area contributed by atoms with E-state index in [1.807, 2.05) is 18.7 Å². The van der Waals surface area contributed by atoms with Gasteiger partial charge in [-0.2, -0.15) is 0 Å². The van der Waals surface area contributed by atoms with Gasteiger partial charge in [-0.05, 0) is 38.5 Å². The number of hydrogen-bond donors (Lipinski definition) is 0. The predicted molar refractivity (Wildman–Crippen MR) is 90.8 cm³/mol. The molecule has 0 radical (unpaired) electrons. The Kier molecular flexibility index (Phi) is 6.61. The van der Waals surface area contributed by atoms with Gasteiger partial charge in [0, 0.05) is 12.2 Å². The number of Topliss-reactive ketones (excluding diaryl/α,β-unsaturated/α-hetero) is 1. The van der Waals surface area contributed by atoms with Gasteiger partial charge < -0.3 is 19.1 Å². The maximum absolute atomic E-state index is 12.1. The molecule has 0 spiro atoms. The van der Waals surface area contributed by atoms with E-state index in [0.29, 0.717) is 31.1 Å². The fourth-order valence-electron chi connectivity index (χ4n) is 2.57. The van der Waals surface area contributed by atoms with Crippen LogP contribution in [0.3, 0.4) is 0 Å². The Labute approximate surface area is 142 Å². The topological polar surface area (TPSA) is 65.1 Å². The molecule has 0 saturated heterocycles. The molecular formula is C18H25NO5. The van der Waals surface area contributed by atoms with E-state index in [2.05, 4.69) is 0 Å². The molecule has 24 heavy (non-hydrogen) atoms. The fourth-order valence-corrected chi connectivity index (χ4v) is 2.57. The zero-order chi connectivity index (χ0) is 17.5. The van der Waals surface area contributed by atoms with Crippen LogP contribution in [0.1, 0.15) is 37.6 Å². The van der Waals surface area contributed by atoms with E-state index in [1.54, 1.807) is 18.2 Å². The van der Waals surface area contributed by atoms with E-state index in [0.717, 1.165) is 12.1 Å². The van der Waals surface area contributed by atoms with Gasteiger partial charge in [-0.3, -0.25) is 9.59 Å². The lowest BCUT2D eigenvalue weighted by Gasteiger charge is -2.35. The second-order valence-corrected chi connectivity index (χ2v) is 5.68. The minimum atomic E-state index is -0.314. The first-order valence-electron chi connectivity index (χ1n) is 8.35. The number of anilines is 1. The summed E-state index contributed by atoms with van der Waals surface area (Å²) in [5.41, 5.74) is 1.36. The fraction of sp³-hybridized carbons (Fsp3) is 0.556. The van der Waals surface area contributed by atoms with Crippen molar-refractivity contribution >= 4 is 17.4 Å². The summed E-state index contributed by atoms with van der Waals surface area (Å²) < 4.78 is 16.3. The molecule has 132 valence electrons. The molecular weight excluding hydrogens is 310 g/mol.